The molecule has 0 radical (unpaired) electrons. The normalized spacial score (nSPS) is 15.1. The van der Waals surface area contributed by atoms with Crippen molar-refractivity contribution in [1.82, 2.24) is 9.88 Å². The second kappa shape index (κ2) is 7.21. The first kappa shape index (κ1) is 16.1. The molecule has 1 amide bonds. The van der Waals surface area contributed by atoms with E-state index in [4.69, 9.17) is 9.47 Å². The third-order valence-corrected chi connectivity index (χ3v) is 4.05. The molecule has 1 N–H and O–H groups in total. The van der Waals surface area contributed by atoms with E-state index in [1.165, 1.54) is 0 Å². The number of likely N-dealkylation sites (tertiary alicyclic amines) is 1. The molecule has 1 aromatic carbocycles. The van der Waals surface area contributed by atoms with Crippen LogP contribution in [0.2, 0.25) is 0 Å². The molecular weight excluding hydrogens is 308 g/mol. The van der Waals surface area contributed by atoms with Gasteiger partial charge in [0.05, 0.1) is 18.9 Å². The summed E-state index contributed by atoms with van der Waals surface area (Å²) in [5.41, 5.74) is 0.529. The molecule has 24 heavy (non-hydrogen) atoms. The second-order valence-corrected chi connectivity index (χ2v) is 5.72. The molecule has 0 bridgehead atoms. The Morgan fingerprint density at radius 3 is 2.71 bits per heavy atom. The fourth-order valence-electron chi connectivity index (χ4n) is 2.76. The zero-order valence-electron chi connectivity index (χ0n) is 13.5. The van der Waals surface area contributed by atoms with Crippen LogP contribution in [0.15, 0.2) is 42.7 Å². The van der Waals surface area contributed by atoms with Gasteiger partial charge in [0, 0.05) is 38.2 Å². The zero-order valence-corrected chi connectivity index (χ0v) is 13.5. The summed E-state index contributed by atoms with van der Waals surface area (Å²) in [5.74, 6) is 1.36. The molecule has 6 heteroatoms. The SMILES string of the molecule is COc1cncc(C(=O)N2CCC(Oc3cccc(O)c3)CC2)c1. The molecule has 1 saturated heterocycles. The Kier molecular flexibility index (Phi) is 4.84. The molecule has 2 heterocycles. The minimum Gasteiger partial charge on any atom is -0.508 e. The number of piperidine rings is 1. The van der Waals surface area contributed by atoms with Gasteiger partial charge in [-0.2, -0.15) is 0 Å². The maximum Gasteiger partial charge on any atom is 0.255 e. The Hall–Kier alpha value is -2.76. The van der Waals surface area contributed by atoms with Crippen molar-refractivity contribution in [3.8, 4) is 17.2 Å². The van der Waals surface area contributed by atoms with Gasteiger partial charge in [-0.3, -0.25) is 9.78 Å². The summed E-state index contributed by atoms with van der Waals surface area (Å²) in [4.78, 5) is 18.4. The molecule has 0 unspecified atom stereocenters. The predicted molar refractivity (Wildman–Crippen MR) is 88.4 cm³/mol. The molecule has 1 fully saturated rings. The van der Waals surface area contributed by atoms with Crippen LogP contribution in [0.25, 0.3) is 0 Å². The number of amides is 1. The van der Waals surface area contributed by atoms with Crippen molar-refractivity contribution in [3.05, 3.63) is 48.3 Å². The minimum absolute atomic E-state index is 0.0410. The topological polar surface area (TPSA) is 71.9 Å². The third-order valence-electron chi connectivity index (χ3n) is 4.05. The minimum atomic E-state index is -0.0443. The van der Waals surface area contributed by atoms with Crippen LogP contribution in [-0.4, -0.2) is 47.2 Å². The number of phenolic OH excluding ortho intramolecular Hbond substituents is 1. The largest absolute Gasteiger partial charge is 0.508 e. The van der Waals surface area contributed by atoms with Crippen molar-refractivity contribution in [2.45, 2.75) is 18.9 Å². The van der Waals surface area contributed by atoms with Crippen molar-refractivity contribution in [1.29, 1.82) is 0 Å². The first-order chi connectivity index (χ1) is 11.7. The van der Waals surface area contributed by atoms with E-state index in [1.54, 1.807) is 48.7 Å². The van der Waals surface area contributed by atoms with Crippen LogP contribution in [0.5, 0.6) is 17.2 Å². The first-order valence-corrected chi connectivity index (χ1v) is 7.89. The Morgan fingerprint density at radius 2 is 2.00 bits per heavy atom. The van der Waals surface area contributed by atoms with Gasteiger partial charge in [-0.05, 0) is 18.2 Å². The first-order valence-electron chi connectivity index (χ1n) is 7.89. The summed E-state index contributed by atoms with van der Waals surface area (Å²) in [7, 11) is 1.55. The number of aromatic hydroxyl groups is 1. The van der Waals surface area contributed by atoms with Crippen LogP contribution in [-0.2, 0) is 0 Å². The fraction of sp³-hybridized carbons (Fsp3) is 0.333. The van der Waals surface area contributed by atoms with Crippen molar-refractivity contribution in [2.24, 2.45) is 0 Å². The highest BCUT2D eigenvalue weighted by Gasteiger charge is 2.25. The highest BCUT2D eigenvalue weighted by Crippen LogP contribution is 2.23. The molecule has 1 aliphatic heterocycles. The van der Waals surface area contributed by atoms with E-state index in [9.17, 15) is 9.90 Å². The number of hydrogen-bond acceptors (Lipinski definition) is 5. The highest BCUT2D eigenvalue weighted by atomic mass is 16.5. The number of phenols is 1. The molecule has 0 saturated carbocycles. The smallest absolute Gasteiger partial charge is 0.255 e. The molecule has 0 atom stereocenters. The lowest BCUT2D eigenvalue weighted by Crippen LogP contribution is -2.41. The van der Waals surface area contributed by atoms with Gasteiger partial charge < -0.3 is 19.5 Å². The van der Waals surface area contributed by atoms with E-state index in [0.717, 1.165) is 12.8 Å². The van der Waals surface area contributed by atoms with Gasteiger partial charge in [0.2, 0.25) is 0 Å². The van der Waals surface area contributed by atoms with Crippen molar-refractivity contribution < 1.29 is 19.4 Å². The summed E-state index contributed by atoms with van der Waals surface area (Å²) in [6.45, 7) is 1.25. The Bertz CT molecular complexity index is 712. The molecule has 6 nitrogen and oxygen atoms in total. The van der Waals surface area contributed by atoms with Gasteiger partial charge in [0.15, 0.2) is 0 Å². The van der Waals surface area contributed by atoms with Crippen LogP contribution in [0.3, 0.4) is 0 Å². The van der Waals surface area contributed by atoms with Gasteiger partial charge in [-0.25, -0.2) is 0 Å². The number of hydrogen-bond donors (Lipinski definition) is 1. The number of methoxy groups -OCH3 is 1. The molecule has 0 spiro atoms. The maximum atomic E-state index is 12.5. The summed E-state index contributed by atoms with van der Waals surface area (Å²) in [6, 6.07) is 8.47. The van der Waals surface area contributed by atoms with Crippen molar-refractivity contribution in [3.63, 3.8) is 0 Å². The second-order valence-electron chi connectivity index (χ2n) is 5.72. The number of benzene rings is 1. The quantitative estimate of drug-likeness (QED) is 0.933. The van der Waals surface area contributed by atoms with Crippen molar-refractivity contribution in [2.75, 3.05) is 20.2 Å². The standard InChI is InChI=1S/C18H20N2O4/c1-23-17-9-13(11-19-12-17)18(22)20-7-5-15(6-8-20)24-16-4-2-3-14(21)10-16/h2-4,9-12,15,21H,5-8H2,1H3. The van der Waals surface area contributed by atoms with E-state index in [2.05, 4.69) is 4.98 Å². The number of nitrogens with zero attached hydrogens (tertiary/aromatic N) is 2. The van der Waals surface area contributed by atoms with Crippen LogP contribution >= 0.6 is 0 Å². The summed E-state index contributed by atoms with van der Waals surface area (Å²) < 4.78 is 11.0. The number of rotatable bonds is 4. The molecule has 1 aliphatic rings. The van der Waals surface area contributed by atoms with E-state index in [-0.39, 0.29) is 17.8 Å². The van der Waals surface area contributed by atoms with E-state index in [1.807, 2.05) is 6.07 Å². The average Bonchev–Trinajstić information content (AvgIpc) is 2.62. The number of ether oxygens (including phenoxy) is 2. The van der Waals surface area contributed by atoms with E-state index >= 15 is 0 Å². The van der Waals surface area contributed by atoms with Gasteiger partial charge in [0.1, 0.15) is 23.4 Å². The third kappa shape index (κ3) is 3.76. The number of carbonyl (C=O) groups is 1. The summed E-state index contributed by atoms with van der Waals surface area (Å²) in [6.07, 6.45) is 4.67. The molecule has 3 rings (SSSR count). The number of aromatic nitrogens is 1. The lowest BCUT2D eigenvalue weighted by atomic mass is 10.1. The van der Waals surface area contributed by atoms with Gasteiger partial charge >= 0.3 is 0 Å². The Balaban J connectivity index is 1.57. The average molecular weight is 328 g/mol. The molecule has 0 aliphatic carbocycles. The van der Waals surface area contributed by atoms with Crippen LogP contribution in [0, 0.1) is 0 Å². The number of pyridine rings is 1. The van der Waals surface area contributed by atoms with Crippen LogP contribution in [0.4, 0.5) is 0 Å². The van der Waals surface area contributed by atoms with Crippen LogP contribution in [0.1, 0.15) is 23.2 Å². The number of carbonyl (C=O) groups excluding carboxylic acids is 1. The molecule has 2 aromatic rings. The van der Waals surface area contributed by atoms with E-state index < -0.39 is 0 Å². The molecule has 1 aromatic heterocycles. The Morgan fingerprint density at radius 1 is 1.21 bits per heavy atom. The van der Waals surface area contributed by atoms with E-state index in [0.29, 0.717) is 30.2 Å². The maximum absolute atomic E-state index is 12.5. The monoisotopic (exact) mass is 328 g/mol. The van der Waals surface area contributed by atoms with Gasteiger partial charge in [-0.1, -0.05) is 6.07 Å². The predicted octanol–water partition coefficient (Wildman–Crippen LogP) is 2.48. The van der Waals surface area contributed by atoms with Crippen LogP contribution < -0.4 is 9.47 Å². The zero-order chi connectivity index (χ0) is 16.9. The lowest BCUT2D eigenvalue weighted by molar-refractivity contribution is 0.0594. The highest BCUT2D eigenvalue weighted by molar-refractivity contribution is 5.94. The Labute approximate surface area is 140 Å². The molecular formula is C18H20N2O4. The fourth-order valence-corrected chi connectivity index (χ4v) is 2.76. The summed E-state index contributed by atoms with van der Waals surface area (Å²) in [5, 5.41) is 9.48. The van der Waals surface area contributed by atoms with Crippen molar-refractivity contribution >= 4 is 5.91 Å². The van der Waals surface area contributed by atoms with Gasteiger partial charge in [-0.15, -0.1) is 0 Å². The molecule has 126 valence electrons. The summed E-state index contributed by atoms with van der Waals surface area (Å²) >= 11 is 0. The van der Waals surface area contributed by atoms with Gasteiger partial charge in [0.25, 0.3) is 5.91 Å². The lowest BCUT2D eigenvalue weighted by Gasteiger charge is -2.32.